The van der Waals surface area contributed by atoms with E-state index in [1.807, 2.05) is 24.4 Å². The lowest BCUT2D eigenvalue weighted by Gasteiger charge is -2.19. The number of amides is 1. The molecule has 3 heterocycles. The van der Waals surface area contributed by atoms with E-state index in [1.165, 1.54) is 11.3 Å². The maximum Gasteiger partial charge on any atom is 0.230 e. The molecule has 134 valence electrons. The fraction of sp³-hybridized carbons (Fsp3) is 0.222. The number of aryl methyl sites for hydroxylation is 1. The van der Waals surface area contributed by atoms with Crippen molar-refractivity contribution in [2.24, 2.45) is 0 Å². The predicted molar refractivity (Wildman–Crippen MR) is 99.3 cm³/mol. The summed E-state index contributed by atoms with van der Waals surface area (Å²) in [6.07, 6.45) is 0.140. The normalized spacial score (nSPS) is 12.8. The van der Waals surface area contributed by atoms with Crippen LogP contribution in [0.1, 0.15) is 11.5 Å². The van der Waals surface area contributed by atoms with Crippen LogP contribution in [0.15, 0.2) is 34.1 Å². The zero-order chi connectivity index (χ0) is 18.1. The Morgan fingerprint density at radius 1 is 1.27 bits per heavy atom. The molecule has 8 heteroatoms. The summed E-state index contributed by atoms with van der Waals surface area (Å²) >= 11 is 7.66. The number of nitrogens with one attached hydrogen (secondary N) is 1. The lowest BCUT2D eigenvalue weighted by molar-refractivity contribution is -0.115. The maximum absolute atomic E-state index is 12.4. The van der Waals surface area contributed by atoms with E-state index in [9.17, 15) is 4.79 Å². The second-order valence-electron chi connectivity index (χ2n) is 5.75. The molecule has 0 aliphatic carbocycles. The van der Waals surface area contributed by atoms with Crippen LogP contribution in [0.3, 0.4) is 0 Å². The lowest BCUT2D eigenvalue weighted by Crippen LogP contribution is -2.17. The Morgan fingerprint density at radius 2 is 2.04 bits per heavy atom. The van der Waals surface area contributed by atoms with Gasteiger partial charge in [0, 0.05) is 17.5 Å². The minimum atomic E-state index is -0.212. The second-order valence-corrected chi connectivity index (χ2v) is 7.02. The van der Waals surface area contributed by atoms with Crippen molar-refractivity contribution in [3.05, 3.63) is 46.1 Å². The molecule has 1 aliphatic heterocycles. The molecule has 0 fully saturated rings. The summed E-state index contributed by atoms with van der Waals surface area (Å²) < 4.78 is 16.5. The summed E-state index contributed by atoms with van der Waals surface area (Å²) in [5.41, 5.74) is 1.16. The number of anilines is 1. The molecule has 3 aromatic rings. The molecule has 0 atom stereocenters. The standard InChI is InChI=1S/C18H15ClN2O4S/c1-10-2-3-14(25-10)18-20-11(9-26-18)6-17(22)21-13-8-16-15(7-12(13)19)23-4-5-24-16/h2-3,7-9H,4-6H2,1H3,(H,21,22). The van der Waals surface area contributed by atoms with E-state index in [2.05, 4.69) is 10.3 Å². The fourth-order valence-corrected chi connectivity index (χ4v) is 3.55. The Labute approximate surface area is 158 Å². The van der Waals surface area contributed by atoms with Crippen LogP contribution >= 0.6 is 22.9 Å². The molecular formula is C18H15ClN2O4S. The summed E-state index contributed by atoms with van der Waals surface area (Å²) in [4.78, 5) is 16.8. The average molecular weight is 391 g/mol. The predicted octanol–water partition coefficient (Wildman–Crippen LogP) is 4.32. The van der Waals surface area contributed by atoms with Gasteiger partial charge in [-0.15, -0.1) is 11.3 Å². The van der Waals surface area contributed by atoms with Crippen molar-refractivity contribution in [2.75, 3.05) is 18.5 Å². The van der Waals surface area contributed by atoms with E-state index in [0.29, 0.717) is 46.9 Å². The summed E-state index contributed by atoms with van der Waals surface area (Å²) in [5, 5.41) is 5.79. The summed E-state index contributed by atoms with van der Waals surface area (Å²) in [6, 6.07) is 7.07. The number of carbonyl (C=O) groups excluding carboxylic acids is 1. The summed E-state index contributed by atoms with van der Waals surface area (Å²) in [6.45, 7) is 2.83. The first-order chi connectivity index (χ1) is 12.6. The zero-order valence-electron chi connectivity index (χ0n) is 13.9. The fourth-order valence-electron chi connectivity index (χ4n) is 2.57. The van der Waals surface area contributed by atoms with Crippen LogP contribution in [0.25, 0.3) is 10.8 Å². The van der Waals surface area contributed by atoms with Gasteiger partial charge in [-0.3, -0.25) is 4.79 Å². The van der Waals surface area contributed by atoms with Crippen molar-refractivity contribution in [3.63, 3.8) is 0 Å². The average Bonchev–Trinajstić information content (AvgIpc) is 3.24. The Morgan fingerprint density at radius 3 is 2.77 bits per heavy atom. The number of hydrogen-bond acceptors (Lipinski definition) is 6. The Bertz CT molecular complexity index is 966. The highest BCUT2D eigenvalue weighted by molar-refractivity contribution is 7.13. The smallest absolute Gasteiger partial charge is 0.230 e. The van der Waals surface area contributed by atoms with Crippen LogP contribution in [0, 0.1) is 6.92 Å². The number of hydrogen-bond donors (Lipinski definition) is 1. The first-order valence-electron chi connectivity index (χ1n) is 7.99. The number of fused-ring (bicyclic) bond motifs is 1. The molecule has 2 aromatic heterocycles. The lowest BCUT2D eigenvalue weighted by atomic mass is 10.2. The SMILES string of the molecule is Cc1ccc(-c2nc(CC(=O)Nc3cc4c(cc3Cl)OCCO4)cs2)o1. The number of benzene rings is 1. The summed E-state index contributed by atoms with van der Waals surface area (Å²) in [7, 11) is 0. The maximum atomic E-state index is 12.4. The topological polar surface area (TPSA) is 73.6 Å². The van der Waals surface area contributed by atoms with E-state index < -0.39 is 0 Å². The van der Waals surface area contributed by atoms with Crippen LogP contribution < -0.4 is 14.8 Å². The van der Waals surface area contributed by atoms with Gasteiger partial charge in [-0.05, 0) is 19.1 Å². The molecule has 0 spiro atoms. The third-order valence-corrected chi connectivity index (χ3v) is 4.97. The molecule has 1 aromatic carbocycles. The molecular weight excluding hydrogens is 376 g/mol. The zero-order valence-corrected chi connectivity index (χ0v) is 15.4. The van der Waals surface area contributed by atoms with Gasteiger partial charge in [-0.1, -0.05) is 11.6 Å². The van der Waals surface area contributed by atoms with E-state index in [0.717, 1.165) is 10.8 Å². The third-order valence-electron chi connectivity index (χ3n) is 3.75. The highest BCUT2D eigenvalue weighted by atomic mass is 35.5. The van der Waals surface area contributed by atoms with Crippen molar-refractivity contribution in [1.82, 2.24) is 4.98 Å². The second kappa shape index (κ2) is 7.01. The molecule has 26 heavy (non-hydrogen) atoms. The van der Waals surface area contributed by atoms with Gasteiger partial charge in [0.1, 0.15) is 19.0 Å². The van der Waals surface area contributed by atoms with Gasteiger partial charge in [0.05, 0.1) is 22.8 Å². The minimum absolute atomic E-state index is 0.140. The Kier molecular flexibility index (Phi) is 4.57. The molecule has 6 nitrogen and oxygen atoms in total. The van der Waals surface area contributed by atoms with E-state index >= 15 is 0 Å². The molecule has 0 radical (unpaired) electrons. The van der Waals surface area contributed by atoms with E-state index in [1.54, 1.807) is 12.1 Å². The van der Waals surface area contributed by atoms with Crippen molar-refractivity contribution >= 4 is 34.5 Å². The van der Waals surface area contributed by atoms with Gasteiger partial charge < -0.3 is 19.2 Å². The van der Waals surface area contributed by atoms with Gasteiger partial charge in [0.25, 0.3) is 0 Å². The Balaban J connectivity index is 1.45. The van der Waals surface area contributed by atoms with Crippen LogP contribution in [0.2, 0.25) is 5.02 Å². The molecule has 0 bridgehead atoms. The molecule has 1 N–H and O–H groups in total. The third kappa shape index (κ3) is 3.54. The van der Waals surface area contributed by atoms with Gasteiger partial charge >= 0.3 is 0 Å². The van der Waals surface area contributed by atoms with Gasteiger partial charge in [0.2, 0.25) is 5.91 Å². The number of thiazole rings is 1. The van der Waals surface area contributed by atoms with Crippen molar-refractivity contribution in [1.29, 1.82) is 0 Å². The van der Waals surface area contributed by atoms with Crippen LogP contribution in [-0.2, 0) is 11.2 Å². The molecule has 4 rings (SSSR count). The highest BCUT2D eigenvalue weighted by Gasteiger charge is 2.17. The number of carbonyl (C=O) groups is 1. The number of furan rings is 1. The largest absolute Gasteiger partial charge is 0.486 e. The van der Waals surface area contributed by atoms with Crippen LogP contribution in [0.4, 0.5) is 5.69 Å². The van der Waals surface area contributed by atoms with Gasteiger partial charge in [-0.25, -0.2) is 4.98 Å². The Hall–Kier alpha value is -2.51. The van der Waals surface area contributed by atoms with Crippen LogP contribution in [0.5, 0.6) is 11.5 Å². The molecule has 0 saturated heterocycles. The number of nitrogens with zero attached hydrogens (tertiary/aromatic N) is 1. The van der Waals surface area contributed by atoms with Crippen molar-refractivity contribution < 1.29 is 18.7 Å². The van der Waals surface area contributed by atoms with Crippen molar-refractivity contribution in [3.8, 4) is 22.3 Å². The minimum Gasteiger partial charge on any atom is -0.486 e. The number of aromatic nitrogens is 1. The van der Waals surface area contributed by atoms with Gasteiger partial charge in [-0.2, -0.15) is 0 Å². The quantitative estimate of drug-likeness (QED) is 0.718. The molecule has 1 aliphatic rings. The van der Waals surface area contributed by atoms with E-state index in [-0.39, 0.29) is 12.3 Å². The number of rotatable bonds is 4. The monoisotopic (exact) mass is 390 g/mol. The molecule has 0 unspecified atom stereocenters. The first kappa shape index (κ1) is 16.9. The van der Waals surface area contributed by atoms with Crippen molar-refractivity contribution in [2.45, 2.75) is 13.3 Å². The number of halogens is 1. The van der Waals surface area contributed by atoms with E-state index in [4.69, 9.17) is 25.5 Å². The highest BCUT2D eigenvalue weighted by Crippen LogP contribution is 2.38. The van der Waals surface area contributed by atoms with Crippen LogP contribution in [-0.4, -0.2) is 24.1 Å². The first-order valence-corrected chi connectivity index (χ1v) is 9.24. The number of ether oxygens (including phenoxy) is 2. The molecule has 0 saturated carbocycles. The van der Waals surface area contributed by atoms with Gasteiger partial charge in [0.15, 0.2) is 22.3 Å². The summed E-state index contributed by atoms with van der Waals surface area (Å²) in [5.74, 6) is 2.46. The molecule has 1 amide bonds.